The molecule has 1 aromatic rings. The third-order valence-electron chi connectivity index (χ3n) is 7.27. The zero-order valence-electron chi connectivity index (χ0n) is 21.6. The van der Waals surface area contributed by atoms with E-state index in [1.807, 2.05) is 0 Å². The van der Waals surface area contributed by atoms with Crippen molar-refractivity contribution in [2.75, 3.05) is 40.9 Å². The fourth-order valence-electron chi connectivity index (χ4n) is 4.92. The van der Waals surface area contributed by atoms with Gasteiger partial charge in [-0.3, -0.25) is 14.5 Å². The number of esters is 2. The molecule has 5 rings (SSSR count). The van der Waals surface area contributed by atoms with Gasteiger partial charge in [-0.05, 0) is 6.92 Å². The van der Waals surface area contributed by atoms with Crippen LogP contribution in [-0.4, -0.2) is 112 Å². The highest BCUT2D eigenvalue weighted by Gasteiger charge is 2.66. The van der Waals surface area contributed by atoms with Crippen molar-refractivity contribution in [2.24, 2.45) is 11.1 Å². The number of carbonyl (C=O) groups is 5. The molecule has 3 amide bonds. The third-order valence-corrected chi connectivity index (χ3v) is 10.2. The molecule has 0 N–H and O–H groups in total. The molecule has 0 bridgehead atoms. The van der Waals surface area contributed by atoms with Crippen molar-refractivity contribution in [3.05, 3.63) is 15.0 Å². The number of nitrogens with zero attached hydrogens (tertiary/aromatic N) is 5. The summed E-state index contributed by atoms with van der Waals surface area (Å²) in [6.07, 6.45) is 0.491. The van der Waals surface area contributed by atoms with Crippen molar-refractivity contribution in [2.45, 2.75) is 42.0 Å². The van der Waals surface area contributed by atoms with Gasteiger partial charge < -0.3 is 24.1 Å². The fraction of sp³-hybridized carbons (Fsp3) is 0.609. The van der Waals surface area contributed by atoms with Gasteiger partial charge in [0.05, 0.1) is 37.1 Å². The van der Waals surface area contributed by atoms with Crippen molar-refractivity contribution in [1.82, 2.24) is 19.7 Å². The van der Waals surface area contributed by atoms with E-state index in [1.165, 1.54) is 28.9 Å². The second-order valence-electron chi connectivity index (χ2n) is 9.71. The second-order valence-corrected chi connectivity index (χ2v) is 12.9. The number of ketones is 1. The van der Waals surface area contributed by atoms with Crippen molar-refractivity contribution < 1.29 is 38.3 Å². The van der Waals surface area contributed by atoms with Crippen LogP contribution in [0, 0.1) is 12.8 Å². The van der Waals surface area contributed by atoms with Gasteiger partial charge >= 0.3 is 18.0 Å². The Morgan fingerprint density at radius 1 is 1.15 bits per heavy atom. The average molecular weight is 600 g/mol. The number of aryl methyl sites for hydroxylation is 1. The van der Waals surface area contributed by atoms with Crippen molar-refractivity contribution in [3.8, 4) is 0 Å². The molecule has 0 aromatic carbocycles. The van der Waals surface area contributed by atoms with Crippen molar-refractivity contribution in [3.63, 3.8) is 0 Å². The number of fused-ring (bicyclic) bond motifs is 1. The summed E-state index contributed by atoms with van der Waals surface area (Å²) >= 11 is 8.61. The van der Waals surface area contributed by atoms with Crippen LogP contribution < -0.4 is 0 Å². The lowest BCUT2D eigenvalue weighted by Gasteiger charge is -2.40. The number of methoxy groups -OCH3 is 2. The number of amides is 3. The van der Waals surface area contributed by atoms with E-state index >= 15 is 0 Å². The second kappa shape index (κ2) is 9.93. The molecule has 4 fully saturated rings. The number of Topliss-reactive ketones (excluding diaryl/α,β-unsaturated/α-hetero) is 1. The molecule has 39 heavy (non-hydrogen) atoms. The monoisotopic (exact) mass is 599 g/mol. The number of hydrogen-bond acceptors (Lipinski definition) is 12. The van der Waals surface area contributed by atoms with E-state index in [0.29, 0.717) is 30.9 Å². The van der Waals surface area contributed by atoms with Gasteiger partial charge in [0, 0.05) is 39.4 Å². The minimum atomic E-state index is -1.41. The first kappa shape index (κ1) is 27.6. The Bertz CT molecular complexity index is 1300. The molecular formula is C23H26ClN5O8S2. The van der Waals surface area contributed by atoms with Gasteiger partial charge in [0.2, 0.25) is 16.4 Å². The molecule has 4 aliphatic rings. The molecule has 3 aliphatic heterocycles. The quantitative estimate of drug-likeness (QED) is 0.176. The maximum Gasteiger partial charge on any atom is 0.353 e. The van der Waals surface area contributed by atoms with E-state index in [9.17, 15) is 24.0 Å². The molecule has 0 unspecified atom stereocenters. The number of likely N-dealkylation sites (N-methyl/N-ethyl adjacent to an activating group) is 1. The van der Waals surface area contributed by atoms with Crippen LogP contribution in [0.5, 0.6) is 0 Å². The maximum absolute atomic E-state index is 13.6. The van der Waals surface area contributed by atoms with E-state index in [-0.39, 0.29) is 40.6 Å². The van der Waals surface area contributed by atoms with E-state index in [1.54, 1.807) is 14.0 Å². The Morgan fingerprint density at radius 3 is 2.38 bits per heavy atom. The molecule has 0 spiro atoms. The molecule has 3 atom stereocenters. The summed E-state index contributed by atoms with van der Waals surface area (Å²) in [6, 6.07) is -0.338. The number of aromatic nitrogens is 1. The normalized spacial score (nSPS) is 27.3. The molecule has 0 radical (unpaired) electrons. The Hall–Kier alpha value is -2.91. The van der Waals surface area contributed by atoms with Crippen LogP contribution in [0.25, 0.3) is 0 Å². The van der Waals surface area contributed by atoms with Crippen LogP contribution in [0.1, 0.15) is 30.0 Å². The minimum Gasteiger partial charge on any atom is -0.467 e. The first-order valence-electron chi connectivity index (χ1n) is 12.1. The highest BCUT2D eigenvalue weighted by Crippen LogP contribution is 2.53. The topological polar surface area (TPSA) is 148 Å². The highest BCUT2D eigenvalue weighted by atomic mass is 35.5. The van der Waals surface area contributed by atoms with E-state index in [4.69, 9.17) is 25.9 Å². The number of β-lactam (4-membered cyclic amide) rings is 1. The van der Waals surface area contributed by atoms with Crippen LogP contribution in [0.3, 0.4) is 0 Å². The first-order chi connectivity index (χ1) is 18.5. The minimum absolute atomic E-state index is 0.0407. The molecule has 1 aromatic heterocycles. The summed E-state index contributed by atoms with van der Waals surface area (Å²) in [5, 5.41) is 4.05. The maximum atomic E-state index is 13.6. The molecule has 13 nitrogen and oxygen atoms in total. The number of thiazole rings is 1. The highest BCUT2D eigenvalue weighted by molar-refractivity contribution is 8.02. The van der Waals surface area contributed by atoms with E-state index < -0.39 is 39.5 Å². The largest absolute Gasteiger partial charge is 0.467 e. The standard InChI is InChI=1S/C23H26ClN5O8S2/c1-11-25-15(16(24)38-11)14(26-37-22(5-6-22)19(32)35-3)13(30)9-12-17(31)28-10-23(20(33)36-4,39-18(12)28)29-8-7-27(2)21(29)34/h12,18H,5-10H2,1-4H3/b26-14+/t12-,18-,23-/m1/s1. The number of carbonyl (C=O) groups excluding carboxylic acids is 5. The number of thioether (sulfide) groups is 1. The summed E-state index contributed by atoms with van der Waals surface area (Å²) in [7, 11) is 4.10. The molecule has 3 saturated heterocycles. The number of urea groups is 1. The SMILES string of the molecule is COC(=O)C1(O/N=C(\C(=O)C[C@@H]2C(=O)N3C[C@@](C(=O)OC)(N4CCN(C)C4=O)S[C@H]23)c2nc(C)sc2Cl)CC1. The summed E-state index contributed by atoms with van der Waals surface area (Å²) < 4.78 is 10.0. The van der Waals surface area contributed by atoms with Gasteiger partial charge in [-0.2, -0.15) is 0 Å². The Labute approximate surface area is 236 Å². The summed E-state index contributed by atoms with van der Waals surface area (Å²) in [5.74, 6) is -2.92. The van der Waals surface area contributed by atoms with E-state index in [2.05, 4.69) is 10.1 Å². The Morgan fingerprint density at radius 2 is 1.85 bits per heavy atom. The van der Waals surface area contributed by atoms with Gasteiger partial charge in [-0.25, -0.2) is 19.4 Å². The Kier molecular flexibility index (Phi) is 7.04. The summed E-state index contributed by atoms with van der Waals surface area (Å²) in [6.45, 7) is 2.40. The number of hydrogen-bond donors (Lipinski definition) is 0. The van der Waals surface area contributed by atoms with Crippen molar-refractivity contribution >= 4 is 70.1 Å². The number of rotatable bonds is 9. The van der Waals surface area contributed by atoms with Gasteiger partial charge in [0.1, 0.15) is 10.0 Å². The molecule has 16 heteroatoms. The summed E-state index contributed by atoms with van der Waals surface area (Å²) in [4.78, 5) is 77.4. The van der Waals surface area contributed by atoms with Gasteiger partial charge in [0.15, 0.2) is 11.5 Å². The van der Waals surface area contributed by atoms with E-state index in [0.717, 1.165) is 23.1 Å². The van der Waals surface area contributed by atoms with Crippen LogP contribution in [0.15, 0.2) is 5.16 Å². The predicted molar refractivity (Wildman–Crippen MR) is 139 cm³/mol. The molecule has 1 aliphatic carbocycles. The van der Waals surface area contributed by atoms with Crippen LogP contribution >= 0.6 is 34.7 Å². The number of ether oxygens (including phenoxy) is 2. The predicted octanol–water partition coefficient (Wildman–Crippen LogP) is 1.26. The van der Waals surface area contributed by atoms with Crippen LogP contribution in [0.2, 0.25) is 4.34 Å². The van der Waals surface area contributed by atoms with Crippen molar-refractivity contribution in [1.29, 1.82) is 0 Å². The Balaban J connectivity index is 1.38. The smallest absolute Gasteiger partial charge is 0.353 e. The van der Waals surface area contributed by atoms with Crippen LogP contribution in [0.4, 0.5) is 4.79 Å². The van der Waals surface area contributed by atoms with Gasteiger partial charge in [-0.15, -0.1) is 11.3 Å². The number of halogens is 1. The third kappa shape index (κ3) is 4.43. The summed E-state index contributed by atoms with van der Waals surface area (Å²) in [5.41, 5.74) is -1.37. The molecule has 4 heterocycles. The lowest BCUT2D eigenvalue weighted by Crippen LogP contribution is -2.59. The average Bonchev–Trinajstić information content (AvgIpc) is 3.37. The van der Waals surface area contributed by atoms with Crippen LogP contribution in [-0.2, 0) is 33.5 Å². The molecular weight excluding hydrogens is 574 g/mol. The lowest BCUT2D eigenvalue weighted by atomic mass is 9.90. The van der Waals surface area contributed by atoms with Gasteiger partial charge in [0.25, 0.3) is 0 Å². The zero-order valence-corrected chi connectivity index (χ0v) is 24.0. The fourth-order valence-corrected chi connectivity index (χ4v) is 7.79. The molecule has 210 valence electrons. The molecule has 1 saturated carbocycles. The van der Waals surface area contributed by atoms with Gasteiger partial charge in [-0.1, -0.05) is 28.5 Å². The zero-order chi connectivity index (χ0) is 28.3. The first-order valence-corrected chi connectivity index (χ1v) is 14.2. The number of oxime groups is 1. The lowest BCUT2D eigenvalue weighted by molar-refractivity contribution is -0.157.